The summed E-state index contributed by atoms with van der Waals surface area (Å²) in [5, 5.41) is 3.27. The minimum Gasteiger partial charge on any atom is -0.383 e. The van der Waals surface area contributed by atoms with E-state index in [2.05, 4.69) is 40.5 Å². The average molecular weight is 304 g/mol. The molecular weight excluding hydrogens is 276 g/mol. The number of guanidine groups is 1. The minimum absolute atomic E-state index is 0.499. The van der Waals surface area contributed by atoms with Crippen molar-refractivity contribution in [3.05, 3.63) is 29.3 Å². The van der Waals surface area contributed by atoms with E-state index in [-0.39, 0.29) is 0 Å². The number of nitrogens with one attached hydrogen (secondary N) is 1. The molecule has 0 fully saturated rings. The summed E-state index contributed by atoms with van der Waals surface area (Å²) in [7, 11) is 3.78. The fourth-order valence-corrected chi connectivity index (χ4v) is 2.78. The van der Waals surface area contributed by atoms with Crippen LogP contribution in [0.2, 0.25) is 0 Å². The number of aliphatic imine (C=N–C) groups is 1. The van der Waals surface area contributed by atoms with E-state index in [4.69, 9.17) is 10.5 Å². The van der Waals surface area contributed by atoms with Crippen molar-refractivity contribution in [3.63, 3.8) is 0 Å². The van der Waals surface area contributed by atoms with Crippen LogP contribution in [0.25, 0.3) is 0 Å². The molecule has 0 aromatic heterocycles. The van der Waals surface area contributed by atoms with Crippen molar-refractivity contribution in [2.24, 2.45) is 10.7 Å². The van der Waals surface area contributed by atoms with E-state index in [0.29, 0.717) is 12.5 Å². The molecule has 0 bridgehead atoms. The lowest BCUT2D eigenvalue weighted by Crippen LogP contribution is -2.28. The molecule has 0 radical (unpaired) electrons. The van der Waals surface area contributed by atoms with Crippen LogP contribution < -0.4 is 11.1 Å². The summed E-state index contributed by atoms with van der Waals surface area (Å²) in [4.78, 5) is 6.60. The number of benzene rings is 1. The van der Waals surface area contributed by atoms with Crippen LogP contribution in [-0.2, 0) is 17.6 Å². The second-order valence-corrected chi connectivity index (χ2v) is 5.84. The van der Waals surface area contributed by atoms with Gasteiger partial charge < -0.3 is 20.7 Å². The molecule has 0 heterocycles. The lowest BCUT2D eigenvalue weighted by Gasteiger charge is -2.20. The Morgan fingerprint density at radius 1 is 1.32 bits per heavy atom. The summed E-state index contributed by atoms with van der Waals surface area (Å²) in [6.07, 6.45) is 4.85. The third kappa shape index (κ3) is 5.00. The summed E-state index contributed by atoms with van der Waals surface area (Å²) in [6.45, 7) is 3.21. The number of fused-ring (bicyclic) bond motifs is 1. The SMILES string of the molecule is COCCN(C)CCN=C(N)Nc1cccc2c1CCCC2. The van der Waals surface area contributed by atoms with Gasteiger partial charge in [0.2, 0.25) is 0 Å². The van der Waals surface area contributed by atoms with Crippen molar-refractivity contribution in [2.45, 2.75) is 25.7 Å². The molecule has 0 unspecified atom stereocenters. The molecule has 3 N–H and O–H groups in total. The van der Waals surface area contributed by atoms with E-state index in [0.717, 1.165) is 31.8 Å². The number of methoxy groups -OCH3 is 1. The first-order valence-corrected chi connectivity index (χ1v) is 8.06. The fourth-order valence-electron chi connectivity index (χ4n) is 2.78. The summed E-state index contributed by atoms with van der Waals surface area (Å²) in [5.41, 5.74) is 9.99. The topological polar surface area (TPSA) is 62.9 Å². The van der Waals surface area contributed by atoms with Gasteiger partial charge in [-0.1, -0.05) is 12.1 Å². The van der Waals surface area contributed by atoms with Gasteiger partial charge >= 0.3 is 0 Å². The van der Waals surface area contributed by atoms with Gasteiger partial charge in [-0.25, -0.2) is 0 Å². The molecule has 1 aromatic carbocycles. The predicted molar refractivity (Wildman–Crippen MR) is 92.6 cm³/mol. The van der Waals surface area contributed by atoms with E-state index in [1.807, 2.05) is 0 Å². The highest BCUT2D eigenvalue weighted by Gasteiger charge is 2.13. The Kier molecular flexibility index (Phi) is 6.68. The van der Waals surface area contributed by atoms with E-state index in [1.165, 1.54) is 30.4 Å². The van der Waals surface area contributed by atoms with Gasteiger partial charge in [0.05, 0.1) is 13.2 Å². The predicted octanol–water partition coefficient (Wildman–Crippen LogP) is 1.87. The Bertz CT molecular complexity index is 501. The Morgan fingerprint density at radius 2 is 2.14 bits per heavy atom. The van der Waals surface area contributed by atoms with Crippen molar-refractivity contribution in [2.75, 3.05) is 45.7 Å². The largest absolute Gasteiger partial charge is 0.383 e. The lowest BCUT2D eigenvalue weighted by molar-refractivity contribution is 0.163. The highest BCUT2D eigenvalue weighted by atomic mass is 16.5. The molecule has 0 amide bonds. The van der Waals surface area contributed by atoms with Crippen molar-refractivity contribution in [1.29, 1.82) is 0 Å². The van der Waals surface area contributed by atoms with Crippen molar-refractivity contribution < 1.29 is 4.74 Å². The van der Waals surface area contributed by atoms with Crippen LogP contribution in [0.15, 0.2) is 23.2 Å². The molecule has 5 heteroatoms. The maximum atomic E-state index is 6.02. The fraction of sp³-hybridized carbons (Fsp3) is 0.588. The molecule has 1 aliphatic rings. The summed E-state index contributed by atoms with van der Waals surface area (Å²) < 4.78 is 5.06. The second-order valence-electron chi connectivity index (χ2n) is 5.84. The van der Waals surface area contributed by atoms with Crippen LogP contribution in [0.4, 0.5) is 5.69 Å². The van der Waals surface area contributed by atoms with E-state index < -0.39 is 0 Å². The van der Waals surface area contributed by atoms with Crippen molar-refractivity contribution in [3.8, 4) is 0 Å². The van der Waals surface area contributed by atoms with Crippen LogP contribution in [-0.4, -0.2) is 51.3 Å². The number of anilines is 1. The van der Waals surface area contributed by atoms with Crippen LogP contribution >= 0.6 is 0 Å². The standard InChI is InChI=1S/C17H28N4O/c1-21(12-13-22-2)11-10-19-17(18)20-16-9-5-7-14-6-3-4-8-15(14)16/h5,7,9H,3-4,6,8,10-13H2,1-2H3,(H3,18,19,20). The summed E-state index contributed by atoms with van der Waals surface area (Å²) in [5.74, 6) is 0.499. The number of aryl methyl sites for hydroxylation is 1. The van der Waals surface area contributed by atoms with Gasteiger partial charge in [-0.2, -0.15) is 0 Å². The van der Waals surface area contributed by atoms with Crippen molar-refractivity contribution >= 4 is 11.6 Å². The minimum atomic E-state index is 0.499. The molecule has 122 valence electrons. The van der Waals surface area contributed by atoms with Gasteiger partial charge in [-0.05, 0) is 49.9 Å². The Hall–Kier alpha value is -1.59. The molecule has 0 atom stereocenters. The highest BCUT2D eigenvalue weighted by Crippen LogP contribution is 2.27. The number of hydrogen-bond acceptors (Lipinski definition) is 3. The number of nitrogens with two attached hydrogens (primary N) is 1. The Labute approximate surface area is 133 Å². The van der Waals surface area contributed by atoms with E-state index >= 15 is 0 Å². The van der Waals surface area contributed by atoms with Gasteiger partial charge in [0.25, 0.3) is 0 Å². The van der Waals surface area contributed by atoms with Crippen LogP contribution in [0.3, 0.4) is 0 Å². The molecule has 2 rings (SSSR count). The van der Waals surface area contributed by atoms with Gasteiger partial charge in [0.15, 0.2) is 5.96 Å². The number of nitrogens with zero attached hydrogens (tertiary/aromatic N) is 2. The number of hydrogen-bond donors (Lipinski definition) is 2. The van der Waals surface area contributed by atoms with Gasteiger partial charge in [-0.3, -0.25) is 4.99 Å². The third-order valence-corrected chi connectivity index (χ3v) is 4.10. The number of likely N-dealkylation sites (N-methyl/N-ethyl adjacent to an activating group) is 1. The lowest BCUT2D eigenvalue weighted by atomic mass is 9.90. The first-order chi connectivity index (χ1) is 10.7. The third-order valence-electron chi connectivity index (χ3n) is 4.10. The number of rotatable bonds is 7. The summed E-state index contributed by atoms with van der Waals surface area (Å²) >= 11 is 0. The van der Waals surface area contributed by atoms with Gasteiger partial charge in [0.1, 0.15) is 0 Å². The molecular formula is C17H28N4O. The molecule has 5 nitrogen and oxygen atoms in total. The van der Waals surface area contributed by atoms with Crippen LogP contribution in [0.1, 0.15) is 24.0 Å². The van der Waals surface area contributed by atoms with Crippen molar-refractivity contribution in [1.82, 2.24) is 4.90 Å². The molecule has 1 aliphatic carbocycles. The second kappa shape index (κ2) is 8.76. The molecule has 0 spiro atoms. The van der Waals surface area contributed by atoms with Crippen LogP contribution in [0.5, 0.6) is 0 Å². The molecule has 0 aliphatic heterocycles. The quantitative estimate of drug-likeness (QED) is 0.596. The molecule has 22 heavy (non-hydrogen) atoms. The van der Waals surface area contributed by atoms with Gasteiger partial charge in [0, 0.05) is 25.9 Å². The maximum absolute atomic E-state index is 6.02. The van der Waals surface area contributed by atoms with Gasteiger partial charge in [-0.15, -0.1) is 0 Å². The monoisotopic (exact) mass is 304 g/mol. The molecule has 1 aromatic rings. The van der Waals surface area contributed by atoms with Crippen LogP contribution in [0, 0.1) is 0 Å². The first-order valence-electron chi connectivity index (χ1n) is 8.06. The first kappa shape index (κ1) is 16.8. The normalized spacial score (nSPS) is 15.0. The zero-order valence-corrected chi connectivity index (χ0v) is 13.8. The number of ether oxygens (including phenoxy) is 1. The van der Waals surface area contributed by atoms with E-state index in [1.54, 1.807) is 7.11 Å². The highest BCUT2D eigenvalue weighted by molar-refractivity contribution is 5.93. The molecule has 0 saturated carbocycles. The zero-order chi connectivity index (χ0) is 15.8. The Balaban J connectivity index is 1.86. The smallest absolute Gasteiger partial charge is 0.193 e. The van der Waals surface area contributed by atoms with E-state index in [9.17, 15) is 0 Å². The zero-order valence-electron chi connectivity index (χ0n) is 13.8. The summed E-state index contributed by atoms with van der Waals surface area (Å²) in [6, 6.07) is 6.41. The Morgan fingerprint density at radius 3 is 2.95 bits per heavy atom. The molecule has 0 saturated heterocycles. The average Bonchev–Trinajstić information content (AvgIpc) is 2.53. The maximum Gasteiger partial charge on any atom is 0.193 e.